The molecule has 0 saturated carbocycles. The van der Waals surface area contributed by atoms with Crippen LogP contribution in [0.15, 0.2) is 42.5 Å². The summed E-state index contributed by atoms with van der Waals surface area (Å²) in [6, 6.07) is 12.2. The van der Waals surface area contributed by atoms with E-state index in [9.17, 15) is 9.59 Å². The predicted molar refractivity (Wildman–Crippen MR) is 89.7 cm³/mol. The van der Waals surface area contributed by atoms with Gasteiger partial charge in [0.25, 0.3) is 0 Å². The topological polar surface area (TPSA) is 76.7 Å². The van der Waals surface area contributed by atoms with Gasteiger partial charge in [-0.1, -0.05) is 29.8 Å². The molecular weight excluding hydrogens is 308 g/mol. The molecule has 0 aliphatic carbocycles. The molecule has 6 nitrogen and oxygen atoms in total. The molecule has 24 heavy (non-hydrogen) atoms. The third-order valence-corrected chi connectivity index (χ3v) is 3.64. The van der Waals surface area contributed by atoms with Gasteiger partial charge >= 0.3 is 6.03 Å². The van der Waals surface area contributed by atoms with Crippen LogP contribution in [0.2, 0.25) is 0 Å². The van der Waals surface area contributed by atoms with Crippen molar-refractivity contribution >= 4 is 17.5 Å². The maximum absolute atomic E-state index is 12.0. The Bertz CT molecular complexity index is 756. The second-order valence-electron chi connectivity index (χ2n) is 5.49. The minimum Gasteiger partial charge on any atom is -0.454 e. The number of benzene rings is 2. The highest BCUT2D eigenvalue weighted by Gasteiger charge is 2.14. The first-order valence-electron chi connectivity index (χ1n) is 7.66. The molecule has 0 saturated heterocycles. The number of urea groups is 1. The third-order valence-electron chi connectivity index (χ3n) is 3.64. The fourth-order valence-corrected chi connectivity index (χ4v) is 2.32. The maximum Gasteiger partial charge on any atom is 0.319 e. The summed E-state index contributed by atoms with van der Waals surface area (Å²) in [7, 11) is 0. The fraction of sp³-hybridized carbons (Fsp3) is 0.222. The molecule has 3 rings (SSSR count). The number of anilines is 1. The molecule has 2 aromatic carbocycles. The van der Waals surface area contributed by atoms with Gasteiger partial charge in [-0.25, -0.2) is 4.79 Å². The molecule has 0 atom stereocenters. The Labute approximate surface area is 139 Å². The first-order chi connectivity index (χ1) is 11.6. The van der Waals surface area contributed by atoms with E-state index < -0.39 is 0 Å². The van der Waals surface area contributed by atoms with Gasteiger partial charge in [-0.2, -0.15) is 0 Å². The molecule has 2 aromatic rings. The van der Waals surface area contributed by atoms with Gasteiger partial charge in [-0.3, -0.25) is 4.79 Å². The molecule has 2 N–H and O–H groups in total. The molecule has 0 bridgehead atoms. The second kappa shape index (κ2) is 7.04. The van der Waals surface area contributed by atoms with Crippen molar-refractivity contribution in [1.29, 1.82) is 0 Å². The van der Waals surface area contributed by atoms with Crippen LogP contribution in [0.3, 0.4) is 0 Å². The first kappa shape index (κ1) is 15.9. The summed E-state index contributed by atoms with van der Waals surface area (Å²) in [5.74, 6) is 1.25. The van der Waals surface area contributed by atoms with Gasteiger partial charge in [-0.05, 0) is 19.1 Å². The van der Waals surface area contributed by atoms with Gasteiger partial charge in [0.2, 0.25) is 6.79 Å². The summed E-state index contributed by atoms with van der Waals surface area (Å²) in [6.07, 6.45) is 0.248. The molecule has 6 heteroatoms. The SMILES string of the molecule is Cc1ccc(C(=O)CCNC(=O)Nc2ccc3c(c2)OCO3)cc1. The monoisotopic (exact) mass is 326 g/mol. The van der Waals surface area contributed by atoms with Crippen molar-refractivity contribution in [1.82, 2.24) is 5.32 Å². The lowest BCUT2D eigenvalue weighted by Crippen LogP contribution is -2.30. The minimum atomic E-state index is -0.370. The predicted octanol–water partition coefficient (Wildman–Crippen LogP) is 3.12. The molecule has 124 valence electrons. The van der Waals surface area contributed by atoms with E-state index in [1.54, 1.807) is 30.3 Å². The van der Waals surface area contributed by atoms with Crippen LogP contribution >= 0.6 is 0 Å². The number of hydrogen-bond acceptors (Lipinski definition) is 4. The summed E-state index contributed by atoms with van der Waals surface area (Å²) >= 11 is 0. The smallest absolute Gasteiger partial charge is 0.319 e. The minimum absolute atomic E-state index is 0.00150. The molecule has 1 aliphatic rings. The van der Waals surface area contributed by atoms with E-state index in [2.05, 4.69) is 10.6 Å². The number of nitrogens with one attached hydrogen (secondary N) is 2. The van der Waals surface area contributed by atoms with Gasteiger partial charge in [0, 0.05) is 30.3 Å². The van der Waals surface area contributed by atoms with E-state index in [4.69, 9.17) is 9.47 Å². The summed E-state index contributed by atoms with van der Waals surface area (Å²) in [6.45, 7) is 2.42. The van der Waals surface area contributed by atoms with E-state index in [0.717, 1.165) is 5.56 Å². The number of carbonyl (C=O) groups is 2. The van der Waals surface area contributed by atoms with Crippen molar-refractivity contribution in [2.24, 2.45) is 0 Å². The lowest BCUT2D eigenvalue weighted by molar-refractivity contribution is 0.0983. The number of ether oxygens (including phenoxy) is 2. The zero-order chi connectivity index (χ0) is 16.9. The van der Waals surface area contributed by atoms with Crippen molar-refractivity contribution in [2.45, 2.75) is 13.3 Å². The van der Waals surface area contributed by atoms with E-state index in [-0.39, 0.29) is 31.6 Å². The molecule has 0 radical (unpaired) electrons. The Kier molecular flexibility index (Phi) is 4.65. The van der Waals surface area contributed by atoms with Crippen LogP contribution in [-0.2, 0) is 0 Å². The number of aryl methyl sites for hydroxylation is 1. The number of carbonyl (C=O) groups excluding carboxylic acids is 2. The maximum atomic E-state index is 12.0. The van der Waals surface area contributed by atoms with Crippen molar-refractivity contribution in [3.8, 4) is 11.5 Å². The van der Waals surface area contributed by atoms with Crippen LogP contribution in [0.25, 0.3) is 0 Å². The molecule has 0 fully saturated rings. The van der Waals surface area contributed by atoms with Crippen molar-refractivity contribution in [3.05, 3.63) is 53.6 Å². The number of hydrogen-bond donors (Lipinski definition) is 2. The lowest BCUT2D eigenvalue weighted by Gasteiger charge is -2.08. The highest BCUT2D eigenvalue weighted by Crippen LogP contribution is 2.34. The number of fused-ring (bicyclic) bond motifs is 1. The second-order valence-corrected chi connectivity index (χ2v) is 5.49. The lowest BCUT2D eigenvalue weighted by atomic mass is 10.1. The Hall–Kier alpha value is -3.02. The van der Waals surface area contributed by atoms with Crippen LogP contribution in [0.5, 0.6) is 11.5 Å². The molecular formula is C18H18N2O4. The van der Waals surface area contributed by atoms with Crippen LogP contribution in [0.4, 0.5) is 10.5 Å². The van der Waals surface area contributed by atoms with Crippen LogP contribution in [-0.4, -0.2) is 25.2 Å². The number of rotatable bonds is 5. The number of amides is 2. The normalized spacial score (nSPS) is 11.9. The van der Waals surface area contributed by atoms with Crippen molar-refractivity contribution in [2.75, 3.05) is 18.7 Å². The Morgan fingerprint density at radius 1 is 1.04 bits per heavy atom. The average molecular weight is 326 g/mol. The molecule has 0 unspecified atom stereocenters. The highest BCUT2D eigenvalue weighted by atomic mass is 16.7. The quantitative estimate of drug-likeness (QED) is 0.828. The molecule has 0 spiro atoms. The average Bonchev–Trinajstić information content (AvgIpc) is 3.03. The Morgan fingerprint density at radius 3 is 2.58 bits per heavy atom. The standard InChI is InChI=1S/C18H18N2O4/c1-12-2-4-13(5-3-12)15(21)8-9-19-18(22)20-14-6-7-16-17(10-14)24-11-23-16/h2-7,10H,8-9,11H2,1H3,(H2,19,20,22). The fourth-order valence-electron chi connectivity index (χ4n) is 2.32. The first-order valence-corrected chi connectivity index (χ1v) is 7.66. The Balaban J connectivity index is 1.45. The summed E-state index contributed by atoms with van der Waals surface area (Å²) in [5, 5.41) is 5.36. The van der Waals surface area contributed by atoms with E-state index in [1.165, 1.54) is 0 Å². The molecule has 1 aliphatic heterocycles. The van der Waals surface area contributed by atoms with E-state index >= 15 is 0 Å². The van der Waals surface area contributed by atoms with E-state index in [1.807, 2.05) is 19.1 Å². The number of Topliss-reactive ketones (excluding diaryl/α,β-unsaturated/α-hetero) is 1. The third kappa shape index (κ3) is 3.84. The summed E-state index contributed by atoms with van der Waals surface area (Å²) < 4.78 is 10.5. The van der Waals surface area contributed by atoms with Gasteiger partial charge in [0.15, 0.2) is 17.3 Å². The summed E-state index contributed by atoms with van der Waals surface area (Å²) in [4.78, 5) is 23.9. The van der Waals surface area contributed by atoms with Gasteiger partial charge in [-0.15, -0.1) is 0 Å². The van der Waals surface area contributed by atoms with Crippen molar-refractivity contribution < 1.29 is 19.1 Å². The van der Waals surface area contributed by atoms with Crippen LogP contribution < -0.4 is 20.1 Å². The van der Waals surface area contributed by atoms with Gasteiger partial charge in [0.1, 0.15) is 0 Å². The Morgan fingerprint density at radius 2 is 1.79 bits per heavy atom. The van der Waals surface area contributed by atoms with Crippen LogP contribution in [0.1, 0.15) is 22.3 Å². The zero-order valence-electron chi connectivity index (χ0n) is 13.3. The van der Waals surface area contributed by atoms with Gasteiger partial charge < -0.3 is 20.1 Å². The largest absolute Gasteiger partial charge is 0.454 e. The highest BCUT2D eigenvalue weighted by molar-refractivity contribution is 5.96. The summed E-state index contributed by atoms with van der Waals surface area (Å²) in [5.41, 5.74) is 2.35. The van der Waals surface area contributed by atoms with Crippen LogP contribution in [0, 0.1) is 6.92 Å². The number of ketones is 1. The zero-order valence-corrected chi connectivity index (χ0v) is 13.3. The van der Waals surface area contributed by atoms with Gasteiger partial charge in [0.05, 0.1) is 0 Å². The molecule has 0 aromatic heterocycles. The van der Waals surface area contributed by atoms with Crippen molar-refractivity contribution in [3.63, 3.8) is 0 Å². The molecule has 1 heterocycles. The van der Waals surface area contributed by atoms with E-state index in [0.29, 0.717) is 22.7 Å². The molecule has 2 amide bonds.